The van der Waals surface area contributed by atoms with Gasteiger partial charge >= 0.3 is 0 Å². The van der Waals surface area contributed by atoms with Gasteiger partial charge in [-0.15, -0.1) is 0 Å². The van der Waals surface area contributed by atoms with E-state index >= 15 is 0 Å². The number of amides is 1. The van der Waals surface area contributed by atoms with E-state index in [1.807, 2.05) is 38.1 Å². The number of rotatable bonds is 6. The maximum atomic E-state index is 11.5. The van der Waals surface area contributed by atoms with Crippen molar-refractivity contribution in [2.24, 2.45) is 0 Å². The molecule has 1 aromatic rings. The zero-order valence-electron chi connectivity index (χ0n) is 10.2. The summed E-state index contributed by atoms with van der Waals surface area (Å²) in [6.07, 6.45) is 0.926. The quantitative estimate of drug-likeness (QED) is 0.820. The van der Waals surface area contributed by atoms with Crippen molar-refractivity contribution in [1.82, 2.24) is 5.32 Å². The zero-order valence-corrected chi connectivity index (χ0v) is 11.8. The molecule has 0 aromatic heterocycles. The molecule has 0 fully saturated rings. The number of carbonyl (C=O) groups excluding carboxylic acids is 1. The number of hydrogen-bond acceptors (Lipinski definition) is 2. The molecule has 1 rings (SSSR count). The van der Waals surface area contributed by atoms with Crippen molar-refractivity contribution in [1.29, 1.82) is 0 Å². The van der Waals surface area contributed by atoms with Gasteiger partial charge in [-0.25, -0.2) is 0 Å². The lowest BCUT2D eigenvalue weighted by molar-refractivity contribution is -0.126. The topological polar surface area (TPSA) is 38.3 Å². The van der Waals surface area contributed by atoms with Crippen molar-refractivity contribution in [2.75, 3.05) is 13.2 Å². The van der Waals surface area contributed by atoms with E-state index in [2.05, 4.69) is 21.2 Å². The second kappa shape index (κ2) is 7.45. The van der Waals surface area contributed by atoms with E-state index in [1.54, 1.807) is 0 Å². The summed E-state index contributed by atoms with van der Waals surface area (Å²) < 4.78 is 6.21. The smallest absolute Gasteiger partial charge is 0.246 e. The average Bonchev–Trinajstić information content (AvgIpc) is 2.30. The van der Waals surface area contributed by atoms with E-state index in [-0.39, 0.29) is 18.6 Å². The van der Waals surface area contributed by atoms with Gasteiger partial charge in [-0.3, -0.25) is 4.79 Å². The predicted molar refractivity (Wildman–Crippen MR) is 71.8 cm³/mol. The third-order valence-corrected chi connectivity index (χ3v) is 2.86. The van der Waals surface area contributed by atoms with Crippen molar-refractivity contribution < 1.29 is 9.53 Å². The van der Waals surface area contributed by atoms with E-state index in [4.69, 9.17) is 4.74 Å². The first-order valence-corrected chi connectivity index (χ1v) is 6.55. The van der Waals surface area contributed by atoms with Crippen LogP contribution in [0.25, 0.3) is 0 Å². The van der Waals surface area contributed by atoms with Crippen LogP contribution < -0.4 is 5.32 Å². The Kier molecular flexibility index (Phi) is 6.22. The molecule has 0 unspecified atom stereocenters. The first-order chi connectivity index (χ1) is 8.13. The van der Waals surface area contributed by atoms with Crippen molar-refractivity contribution >= 4 is 21.8 Å². The Hall–Kier alpha value is -0.870. The summed E-state index contributed by atoms with van der Waals surface area (Å²) in [7, 11) is 0. The van der Waals surface area contributed by atoms with Gasteiger partial charge in [-0.1, -0.05) is 35.0 Å². The molecule has 0 aliphatic heterocycles. The maximum absolute atomic E-state index is 11.5. The van der Waals surface area contributed by atoms with Crippen LogP contribution in [0.3, 0.4) is 0 Å². The Balaban J connectivity index is 2.40. The third-order valence-electron chi connectivity index (χ3n) is 2.33. The monoisotopic (exact) mass is 299 g/mol. The van der Waals surface area contributed by atoms with Gasteiger partial charge < -0.3 is 10.1 Å². The molecule has 94 valence electrons. The maximum Gasteiger partial charge on any atom is 0.246 e. The molecule has 0 heterocycles. The van der Waals surface area contributed by atoms with Gasteiger partial charge in [0.05, 0.1) is 6.04 Å². The fourth-order valence-corrected chi connectivity index (χ4v) is 1.69. The summed E-state index contributed by atoms with van der Waals surface area (Å²) >= 11 is 3.38. The molecule has 0 radical (unpaired) electrons. The molecule has 1 amide bonds. The van der Waals surface area contributed by atoms with Crippen molar-refractivity contribution in [3.63, 3.8) is 0 Å². The molecule has 0 saturated heterocycles. The summed E-state index contributed by atoms with van der Waals surface area (Å²) in [5, 5.41) is 2.90. The SMILES string of the molecule is CCCOCC(=O)N[C@H](C)c1ccc(Br)cc1. The first-order valence-electron chi connectivity index (χ1n) is 5.76. The lowest BCUT2D eigenvalue weighted by Gasteiger charge is -2.14. The minimum atomic E-state index is -0.0751. The number of hydrogen-bond donors (Lipinski definition) is 1. The number of carbonyl (C=O) groups is 1. The fraction of sp³-hybridized carbons (Fsp3) is 0.462. The fourth-order valence-electron chi connectivity index (χ4n) is 1.43. The van der Waals surface area contributed by atoms with Gasteiger partial charge in [0.15, 0.2) is 0 Å². The second-order valence-electron chi connectivity index (χ2n) is 3.89. The van der Waals surface area contributed by atoms with E-state index in [0.717, 1.165) is 16.5 Å². The molecule has 3 nitrogen and oxygen atoms in total. The summed E-state index contributed by atoms with van der Waals surface area (Å²) in [4.78, 5) is 11.5. The van der Waals surface area contributed by atoms with E-state index in [9.17, 15) is 4.79 Å². The van der Waals surface area contributed by atoms with Gasteiger partial charge in [0, 0.05) is 11.1 Å². The van der Waals surface area contributed by atoms with Gasteiger partial charge in [-0.05, 0) is 31.0 Å². The van der Waals surface area contributed by atoms with E-state index < -0.39 is 0 Å². The molecule has 1 N–H and O–H groups in total. The molecular weight excluding hydrogens is 282 g/mol. The highest BCUT2D eigenvalue weighted by Gasteiger charge is 2.09. The number of benzene rings is 1. The minimum Gasteiger partial charge on any atom is -0.372 e. The van der Waals surface area contributed by atoms with Crippen LogP contribution in [-0.2, 0) is 9.53 Å². The minimum absolute atomic E-state index is 0.000765. The first kappa shape index (κ1) is 14.2. The van der Waals surface area contributed by atoms with Crippen LogP contribution in [0.5, 0.6) is 0 Å². The Morgan fingerprint density at radius 2 is 2.06 bits per heavy atom. The molecule has 4 heteroatoms. The highest BCUT2D eigenvalue weighted by molar-refractivity contribution is 9.10. The van der Waals surface area contributed by atoms with Crippen LogP contribution in [0.15, 0.2) is 28.7 Å². The number of halogens is 1. The van der Waals surface area contributed by atoms with Gasteiger partial charge in [0.1, 0.15) is 6.61 Å². The van der Waals surface area contributed by atoms with Crippen LogP contribution >= 0.6 is 15.9 Å². The zero-order chi connectivity index (χ0) is 12.7. The summed E-state index contributed by atoms with van der Waals surface area (Å²) in [6, 6.07) is 7.90. The molecule has 1 atom stereocenters. The molecule has 17 heavy (non-hydrogen) atoms. The molecule has 0 spiro atoms. The van der Waals surface area contributed by atoms with Crippen LogP contribution in [0.2, 0.25) is 0 Å². The average molecular weight is 300 g/mol. The standard InChI is InChI=1S/C13H18BrNO2/c1-3-8-17-9-13(16)15-10(2)11-4-6-12(14)7-5-11/h4-7,10H,3,8-9H2,1-2H3,(H,15,16)/t10-/m1/s1. The van der Waals surface area contributed by atoms with Crippen LogP contribution in [-0.4, -0.2) is 19.1 Å². The van der Waals surface area contributed by atoms with Gasteiger partial charge in [-0.2, -0.15) is 0 Å². The molecule has 0 saturated carbocycles. The Morgan fingerprint density at radius 1 is 1.41 bits per heavy atom. The largest absolute Gasteiger partial charge is 0.372 e. The van der Waals surface area contributed by atoms with E-state index in [1.165, 1.54) is 0 Å². The van der Waals surface area contributed by atoms with Crippen molar-refractivity contribution in [3.05, 3.63) is 34.3 Å². The van der Waals surface area contributed by atoms with Crippen molar-refractivity contribution in [3.8, 4) is 0 Å². The molecule has 1 aromatic carbocycles. The normalized spacial score (nSPS) is 12.2. The van der Waals surface area contributed by atoms with Gasteiger partial charge in [0.25, 0.3) is 0 Å². The van der Waals surface area contributed by atoms with Crippen LogP contribution in [0.1, 0.15) is 31.9 Å². The van der Waals surface area contributed by atoms with Gasteiger partial charge in [0.2, 0.25) is 5.91 Å². The highest BCUT2D eigenvalue weighted by atomic mass is 79.9. The third kappa shape index (κ3) is 5.33. The Morgan fingerprint density at radius 3 is 2.65 bits per heavy atom. The molecule has 0 aliphatic carbocycles. The summed E-state index contributed by atoms with van der Waals surface area (Å²) in [5.41, 5.74) is 1.08. The predicted octanol–water partition coefficient (Wildman–Crippen LogP) is 3.05. The van der Waals surface area contributed by atoms with E-state index in [0.29, 0.717) is 6.61 Å². The summed E-state index contributed by atoms with van der Waals surface area (Å²) in [5.74, 6) is -0.0751. The Labute approximate surface area is 111 Å². The number of nitrogens with one attached hydrogen (secondary N) is 1. The molecular formula is C13H18BrNO2. The second-order valence-corrected chi connectivity index (χ2v) is 4.81. The summed E-state index contributed by atoms with van der Waals surface area (Å²) in [6.45, 7) is 4.73. The van der Waals surface area contributed by atoms with Crippen LogP contribution in [0, 0.1) is 0 Å². The van der Waals surface area contributed by atoms with Crippen molar-refractivity contribution in [2.45, 2.75) is 26.3 Å². The lowest BCUT2D eigenvalue weighted by atomic mass is 10.1. The molecule has 0 aliphatic rings. The number of ether oxygens (including phenoxy) is 1. The highest BCUT2D eigenvalue weighted by Crippen LogP contribution is 2.16. The van der Waals surface area contributed by atoms with Crippen LogP contribution in [0.4, 0.5) is 0 Å². The lowest BCUT2D eigenvalue weighted by Crippen LogP contribution is -2.30. The molecule has 0 bridgehead atoms. The Bertz CT molecular complexity index is 351.